The van der Waals surface area contributed by atoms with Gasteiger partial charge in [0.1, 0.15) is 18.0 Å². The molecule has 0 amide bonds. The number of hydrogen-bond acceptors (Lipinski definition) is 3. The summed E-state index contributed by atoms with van der Waals surface area (Å²) in [5, 5.41) is 10.4. The second-order valence-corrected chi connectivity index (χ2v) is 5.60. The number of rotatable bonds is 4. The van der Waals surface area contributed by atoms with Gasteiger partial charge in [0.2, 0.25) is 0 Å². The first-order valence-corrected chi connectivity index (χ1v) is 7.54. The zero-order valence-corrected chi connectivity index (χ0v) is 12.4. The number of ether oxygens (including phenoxy) is 1. The maximum Gasteiger partial charge on any atom is 0.129 e. The molecule has 1 aliphatic rings. The van der Waals surface area contributed by atoms with Gasteiger partial charge in [-0.05, 0) is 11.6 Å². The van der Waals surface area contributed by atoms with Crippen LogP contribution in [-0.2, 0) is 11.3 Å². The van der Waals surface area contributed by atoms with Gasteiger partial charge in [0.05, 0.1) is 6.61 Å². The Kier molecular flexibility index (Phi) is 4.83. The van der Waals surface area contributed by atoms with Crippen LogP contribution >= 0.6 is 0 Å². The average Bonchev–Trinajstić information content (AvgIpc) is 2.56. The molecule has 1 heterocycles. The minimum atomic E-state index is -0.945. The van der Waals surface area contributed by atoms with E-state index < -0.39 is 18.0 Å². The molecule has 3 rings (SSSR count). The number of aliphatic hydroxyl groups excluding tert-OH is 1. The standard InChI is InChI=1S/C18H20FNO2/c19-16-9-5-4-8-15(16)18(21)17-13-20(10-11-22-17)12-14-6-2-1-3-7-14/h1-9,17-18,21H,10-13H2/t17-,18+/m1/s1. The minimum absolute atomic E-state index is 0.300. The largest absolute Gasteiger partial charge is 0.386 e. The van der Waals surface area contributed by atoms with Crippen molar-refractivity contribution in [3.8, 4) is 0 Å². The lowest BCUT2D eigenvalue weighted by Gasteiger charge is -2.35. The van der Waals surface area contributed by atoms with E-state index in [0.29, 0.717) is 18.7 Å². The van der Waals surface area contributed by atoms with E-state index in [4.69, 9.17) is 4.74 Å². The Hall–Kier alpha value is -1.75. The molecule has 0 radical (unpaired) electrons. The van der Waals surface area contributed by atoms with Crippen LogP contribution in [0.3, 0.4) is 0 Å². The highest BCUT2D eigenvalue weighted by Crippen LogP contribution is 2.25. The Balaban J connectivity index is 1.66. The highest BCUT2D eigenvalue weighted by Gasteiger charge is 2.29. The van der Waals surface area contributed by atoms with Gasteiger partial charge in [-0.25, -0.2) is 4.39 Å². The summed E-state index contributed by atoms with van der Waals surface area (Å²) in [6, 6.07) is 16.5. The van der Waals surface area contributed by atoms with Crippen molar-refractivity contribution in [2.24, 2.45) is 0 Å². The zero-order chi connectivity index (χ0) is 15.4. The van der Waals surface area contributed by atoms with E-state index >= 15 is 0 Å². The molecule has 3 nitrogen and oxygen atoms in total. The zero-order valence-electron chi connectivity index (χ0n) is 12.4. The lowest BCUT2D eigenvalue weighted by atomic mass is 10.0. The highest BCUT2D eigenvalue weighted by atomic mass is 19.1. The van der Waals surface area contributed by atoms with E-state index in [1.165, 1.54) is 11.6 Å². The van der Waals surface area contributed by atoms with E-state index in [9.17, 15) is 9.50 Å². The van der Waals surface area contributed by atoms with Crippen molar-refractivity contribution < 1.29 is 14.2 Å². The van der Waals surface area contributed by atoms with Gasteiger partial charge in [-0.15, -0.1) is 0 Å². The van der Waals surface area contributed by atoms with Crippen molar-refractivity contribution in [1.29, 1.82) is 0 Å². The fraction of sp³-hybridized carbons (Fsp3) is 0.333. The van der Waals surface area contributed by atoms with Crippen molar-refractivity contribution in [2.75, 3.05) is 19.7 Å². The van der Waals surface area contributed by atoms with Gasteiger partial charge in [0.15, 0.2) is 0 Å². The number of aliphatic hydroxyl groups is 1. The molecular formula is C18H20FNO2. The maximum absolute atomic E-state index is 13.8. The minimum Gasteiger partial charge on any atom is -0.386 e. The molecule has 1 fully saturated rings. The summed E-state index contributed by atoms with van der Waals surface area (Å²) in [4.78, 5) is 2.23. The summed E-state index contributed by atoms with van der Waals surface area (Å²) in [6.07, 6.45) is -1.35. The molecule has 2 atom stereocenters. The van der Waals surface area contributed by atoms with E-state index in [1.54, 1.807) is 18.2 Å². The molecule has 0 aliphatic carbocycles. The van der Waals surface area contributed by atoms with E-state index in [-0.39, 0.29) is 0 Å². The third kappa shape index (κ3) is 3.53. The van der Waals surface area contributed by atoms with Crippen molar-refractivity contribution in [2.45, 2.75) is 18.8 Å². The van der Waals surface area contributed by atoms with Crippen LogP contribution in [0.4, 0.5) is 4.39 Å². The van der Waals surface area contributed by atoms with Crippen LogP contribution in [0.1, 0.15) is 17.2 Å². The van der Waals surface area contributed by atoms with Gasteiger partial charge in [-0.1, -0.05) is 48.5 Å². The number of nitrogens with zero attached hydrogens (tertiary/aromatic N) is 1. The molecule has 1 saturated heterocycles. The molecule has 22 heavy (non-hydrogen) atoms. The molecule has 0 spiro atoms. The van der Waals surface area contributed by atoms with Crippen LogP contribution in [-0.4, -0.2) is 35.8 Å². The van der Waals surface area contributed by atoms with Gasteiger partial charge >= 0.3 is 0 Å². The number of benzene rings is 2. The first kappa shape index (κ1) is 15.2. The fourth-order valence-corrected chi connectivity index (χ4v) is 2.82. The second-order valence-electron chi connectivity index (χ2n) is 5.60. The van der Waals surface area contributed by atoms with Crippen molar-refractivity contribution in [3.63, 3.8) is 0 Å². The predicted molar refractivity (Wildman–Crippen MR) is 82.8 cm³/mol. The number of hydrogen-bond donors (Lipinski definition) is 1. The van der Waals surface area contributed by atoms with Crippen LogP contribution < -0.4 is 0 Å². The Morgan fingerprint density at radius 3 is 2.64 bits per heavy atom. The van der Waals surface area contributed by atoms with Gasteiger partial charge in [-0.2, -0.15) is 0 Å². The van der Waals surface area contributed by atoms with Crippen LogP contribution in [0.2, 0.25) is 0 Å². The lowest BCUT2D eigenvalue weighted by Crippen LogP contribution is -2.44. The van der Waals surface area contributed by atoms with E-state index in [1.807, 2.05) is 18.2 Å². The molecule has 0 bridgehead atoms. The highest BCUT2D eigenvalue weighted by molar-refractivity contribution is 5.21. The van der Waals surface area contributed by atoms with Gasteiger partial charge < -0.3 is 9.84 Å². The summed E-state index contributed by atoms with van der Waals surface area (Å²) in [5.41, 5.74) is 1.53. The average molecular weight is 301 g/mol. The maximum atomic E-state index is 13.8. The molecule has 0 saturated carbocycles. The number of morpholine rings is 1. The summed E-state index contributed by atoms with van der Waals surface area (Å²) in [6.45, 7) is 2.76. The molecular weight excluding hydrogens is 281 g/mol. The Labute approximate surface area is 130 Å². The normalized spacial score (nSPS) is 20.7. The third-order valence-electron chi connectivity index (χ3n) is 4.00. The van der Waals surface area contributed by atoms with Crippen molar-refractivity contribution in [3.05, 3.63) is 71.5 Å². The van der Waals surface area contributed by atoms with Crippen molar-refractivity contribution >= 4 is 0 Å². The van der Waals surface area contributed by atoms with E-state index in [0.717, 1.165) is 13.1 Å². The Morgan fingerprint density at radius 2 is 1.86 bits per heavy atom. The van der Waals surface area contributed by atoms with Gasteiger partial charge in [-0.3, -0.25) is 4.90 Å². The van der Waals surface area contributed by atoms with Crippen LogP contribution in [0.25, 0.3) is 0 Å². The molecule has 0 unspecified atom stereocenters. The summed E-state index contributed by atoms with van der Waals surface area (Å²) in [5.74, 6) is -0.390. The van der Waals surface area contributed by atoms with Crippen molar-refractivity contribution in [1.82, 2.24) is 4.90 Å². The number of halogens is 1. The molecule has 2 aromatic rings. The first-order chi connectivity index (χ1) is 10.7. The molecule has 2 aromatic carbocycles. The Morgan fingerprint density at radius 1 is 1.14 bits per heavy atom. The van der Waals surface area contributed by atoms with Gasteiger partial charge in [0, 0.05) is 25.2 Å². The lowest BCUT2D eigenvalue weighted by molar-refractivity contribution is -0.0927. The molecule has 4 heteroatoms. The Bertz CT molecular complexity index is 605. The summed E-state index contributed by atoms with van der Waals surface area (Å²) >= 11 is 0. The monoisotopic (exact) mass is 301 g/mol. The predicted octanol–water partition coefficient (Wildman–Crippen LogP) is 2.76. The topological polar surface area (TPSA) is 32.7 Å². The molecule has 1 aliphatic heterocycles. The third-order valence-corrected chi connectivity index (χ3v) is 4.00. The first-order valence-electron chi connectivity index (χ1n) is 7.54. The summed E-state index contributed by atoms with van der Waals surface area (Å²) < 4.78 is 19.5. The van der Waals surface area contributed by atoms with Crippen LogP contribution in [0.15, 0.2) is 54.6 Å². The quantitative estimate of drug-likeness (QED) is 0.942. The molecule has 1 N–H and O–H groups in total. The van der Waals surface area contributed by atoms with Gasteiger partial charge in [0.25, 0.3) is 0 Å². The molecule has 0 aromatic heterocycles. The van der Waals surface area contributed by atoms with Crippen LogP contribution in [0.5, 0.6) is 0 Å². The molecule has 116 valence electrons. The SMILES string of the molecule is O[C@@H](c1ccccc1F)[C@H]1CN(Cc2ccccc2)CCO1. The van der Waals surface area contributed by atoms with E-state index in [2.05, 4.69) is 17.0 Å². The second kappa shape index (κ2) is 7.01. The smallest absolute Gasteiger partial charge is 0.129 e. The summed E-state index contributed by atoms with van der Waals surface area (Å²) in [7, 11) is 0. The van der Waals surface area contributed by atoms with Crippen LogP contribution in [0, 0.1) is 5.82 Å². The fourth-order valence-electron chi connectivity index (χ4n) is 2.82.